The average molecular weight is 173 g/mol. The number of nitrogens with zero attached hydrogens (tertiary/aromatic N) is 2. The van der Waals surface area contributed by atoms with Crippen LogP contribution in [0.15, 0.2) is 42.7 Å². The van der Waals surface area contributed by atoms with E-state index in [1.807, 2.05) is 30.2 Å². The Morgan fingerprint density at radius 1 is 1.15 bits per heavy atom. The lowest BCUT2D eigenvalue weighted by molar-refractivity contribution is -0.744. The summed E-state index contributed by atoms with van der Waals surface area (Å²) in [5.74, 6) is 0. The lowest BCUT2D eigenvalue weighted by Gasteiger charge is -1.99. The number of hydrogen-bond donors (Lipinski definition) is 0. The monoisotopic (exact) mass is 173 g/mol. The predicted octanol–water partition coefficient (Wildman–Crippen LogP) is 1.61. The largest absolute Gasteiger partial charge is 0.195 e. The van der Waals surface area contributed by atoms with Crippen molar-refractivity contribution in [2.24, 2.45) is 7.05 Å². The fourth-order valence-corrected chi connectivity index (χ4v) is 1.39. The highest BCUT2D eigenvalue weighted by molar-refractivity contribution is 5.32. The molecule has 0 saturated carbocycles. The highest BCUT2D eigenvalue weighted by Gasteiger charge is 2.03. The molecule has 2 heteroatoms. The summed E-state index contributed by atoms with van der Waals surface area (Å²) in [5, 5.41) is 0. The van der Waals surface area contributed by atoms with Gasteiger partial charge in [-0.05, 0) is 19.1 Å². The standard InChI is InChI=1S/C11H13N2/c1-10-4-6-11(7-5-10)13-9-3-8-12(13)2/h3-9H,1-2H3/q+1. The van der Waals surface area contributed by atoms with Gasteiger partial charge in [-0.15, -0.1) is 9.36 Å². The quantitative estimate of drug-likeness (QED) is 0.579. The summed E-state index contributed by atoms with van der Waals surface area (Å²) in [6.45, 7) is 2.10. The van der Waals surface area contributed by atoms with Crippen LogP contribution >= 0.6 is 0 Å². The van der Waals surface area contributed by atoms with Crippen LogP contribution < -0.4 is 4.68 Å². The van der Waals surface area contributed by atoms with Crippen molar-refractivity contribution in [1.29, 1.82) is 0 Å². The first kappa shape index (κ1) is 8.05. The van der Waals surface area contributed by atoms with Gasteiger partial charge in [-0.1, -0.05) is 17.7 Å². The zero-order valence-electron chi connectivity index (χ0n) is 7.94. The van der Waals surface area contributed by atoms with Gasteiger partial charge >= 0.3 is 0 Å². The van der Waals surface area contributed by atoms with E-state index in [4.69, 9.17) is 0 Å². The first-order valence-corrected chi connectivity index (χ1v) is 4.38. The van der Waals surface area contributed by atoms with Crippen molar-refractivity contribution in [1.82, 2.24) is 4.68 Å². The molecule has 1 aromatic heterocycles. The van der Waals surface area contributed by atoms with E-state index in [9.17, 15) is 0 Å². The fourth-order valence-electron chi connectivity index (χ4n) is 1.39. The van der Waals surface area contributed by atoms with E-state index in [1.54, 1.807) is 0 Å². The molecule has 0 bridgehead atoms. The van der Waals surface area contributed by atoms with Crippen molar-refractivity contribution < 1.29 is 4.68 Å². The van der Waals surface area contributed by atoms with E-state index >= 15 is 0 Å². The summed E-state index contributed by atoms with van der Waals surface area (Å²) in [5.41, 5.74) is 2.48. The normalized spacial score (nSPS) is 10.3. The first-order chi connectivity index (χ1) is 6.27. The van der Waals surface area contributed by atoms with Crippen molar-refractivity contribution in [2.75, 3.05) is 0 Å². The van der Waals surface area contributed by atoms with Crippen LogP contribution in [0, 0.1) is 6.92 Å². The topological polar surface area (TPSA) is 8.81 Å². The van der Waals surface area contributed by atoms with Crippen molar-refractivity contribution in [3.05, 3.63) is 48.3 Å². The second kappa shape index (κ2) is 3.05. The van der Waals surface area contributed by atoms with E-state index in [0.717, 1.165) is 0 Å². The maximum Gasteiger partial charge on any atom is 0.195 e. The van der Waals surface area contributed by atoms with Gasteiger partial charge in [0.25, 0.3) is 0 Å². The lowest BCUT2D eigenvalue weighted by atomic mass is 10.2. The smallest absolute Gasteiger partial charge is 0.129 e. The van der Waals surface area contributed by atoms with Gasteiger partial charge in [-0.25, -0.2) is 0 Å². The van der Waals surface area contributed by atoms with Crippen molar-refractivity contribution >= 4 is 0 Å². The van der Waals surface area contributed by atoms with Crippen LogP contribution in [0.5, 0.6) is 0 Å². The molecular weight excluding hydrogens is 160 g/mol. The Kier molecular flexibility index (Phi) is 1.89. The summed E-state index contributed by atoms with van der Waals surface area (Å²) in [6.07, 6.45) is 4.07. The Morgan fingerprint density at radius 2 is 1.85 bits per heavy atom. The molecule has 0 unspecified atom stereocenters. The molecule has 0 amide bonds. The van der Waals surface area contributed by atoms with Crippen LogP contribution in [0.1, 0.15) is 5.56 Å². The number of hydrogen-bond acceptors (Lipinski definition) is 0. The van der Waals surface area contributed by atoms with Crippen LogP contribution in [-0.4, -0.2) is 4.68 Å². The van der Waals surface area contributed by atoms with E-state index in [2.05, 4.69) is 35.9 Å². The molecule has 13 heavy (non-hydrogen) atoms. The molecule has 2 rings (SSSR count). The molecule has 0 aliphatic rings. The van der Waals surface area contributed by atoms with E-state index < -0.39 is 0 Å². The Bertz CT molecular complexity index is 398. The van der Waals surface area contributed by atoms with Gasteiger partial charge in [-0.2, -0.15) is 0 Å². The van der Waals surface area contributed by atoms with Gasteiger partial charge in [0.1, 0.15) is 5.69 Å². The molecule has 1 aromatic carbocycles. The third-order valence-corrected chi connectivity index (χ3v) is 2.17. The predicted molar refractivity (Wildman–Crippen MR) is 51.7 cm³/mol. The van der Waals surface area contributed by atoms with Crippen LogP contribution in [-0.2, 0) is 7.05 Å². The zero-order valence-corrected chi connectivity index (χ0v) is 7.94. The third kappa shape index (κ3) is 1.47. The maximum absolute atomic E-state index is 2.12. The van der Waals surface area contributed by atoms with E-state index in [0.29, 0.717) is 0 Å². The van der Waals surface area contributed by atoms with Gasteiger partial charge in [0.2, 0.25) is 0 Å². The van der Waals surface area contributed by atoms with E-state index in [-0.39, 0.29) is 0 Å². The molecule has 0 saturated heterocycles. The Labute approximate surface area is 78.0 Å². The molecule has 0 spiro atoms. The van der Waals surface area contributed by atoms with Gasteiger partial charge in [0, 0.05) is 6.07 Å². The number of rotatable bonds is 1. The molecule has 0 fully saturated rings. The molecule has 0 aliphatic heterocycles. The minimum atomic E-state index is 1.19. The number of aromatic nitrogens is 2. The molecule has 2 nitrogen and oxygen atoms in total. The Hall–Kier alpha value is -1.57. The maximum atomic E-state index is 2.12. The lowest BCUT2D eigenvalue weighted by Crippen LogP contribution is -2.36. The van der Waals surface area contributed by atoms with Gasteiger partial charge in [0.05, 0.1) is 6.20 Å². The highest BCUT2D eigenvalue weighted by Crippen LogP contribution is 2.06. The second-order valence-electron chi connectivity index (χ2n) is 3.24. The minimum absolute atomic E-state index is 1.19. The summed E-state index contributed by atoms with van der Waals surface area (Å²) >= 11 is 0. The average Bonchev–Trinajstić information content (AvgIpc) is 2.53. The minimum Gasteiger partial charge on any atom is -0.129 e. The Morgan fingerprint density at radius 3 is 2.38 bits per heavy atom. The first-order valence-electron chi connectivity index (χ1n) is 4.38. The number of benzene rings is 1. The molecular formula is C11H13N2+. The summed E-state index contributed by atoms with van der Waals surface area (Å²) in [6, 6.07) is 10.5. The van der Waals surface area contributed by atoms with Crippen LogP contribution in [0.4, 0.5) is 0 Å². The number of aryl methyl sites for hydroxylation is 2. The SMILES string of the molecule is Cc1ccc(-n2ccc[n+]2C)cc1. The van der Waals surface area contributed by atoms with Crippen molar-refractivity contribution in [2.45, 2.75) is 6.92 Å². The fraction of sp³-hybridized carbons (Fsp3) is 0.182. The third-order valence-electron chi connectivity index (χ3n) is 2.17. The van der Waals surface area contributed by atoms with Crippen LogP contribution in [0.3, 0.4) is 0 Å². The molecule has 2 aromatic rings. The zero-order chi connectivity index (χ0) is 9.26. The molecule has 66 valence electrons. The van der Waals surface area contributed by atoms with Crippen molar-refractivity contribution in [3.63, 3.8) is 0 Å². The summed E-state index contributed by atoms with van der Waals surface area (Å²) in [4.78, 5) is 0. The summed E-state index contributed by atoms with van der Waals surface area (Å²) in [7, 11) is 2.03. The van der Waals surface area contributed by atoms with Crippen molar-refractivity contribution in [3.8, 4) is 5.69 Å². The molecule has 0 aliphatic carbocycles. The van der Waals surface area contributed by atoms with Gasteiger partial charge in [-0.3, -0.25) is 0 Å². The molecule has 0 N–H and O–H groups in total. The highest BCUT2D eigenvalue weighted by atomic mass is 15.4. The molecule has 0 radical (unpaired) electrons. The Balaban J connectivity index is 2.47. The van der Waals surface area contributed by atoms with Crippen LogP contribution in [0.25, 0.3) is 5.69 Å². The second-order valence-corrected chi connectivity index (χ2v) is 3.24. The summed E-state index contributed by atoms with van der Waals surface area (Å²) < 4.78 is 4.14. The van der Waals surface area contributed by atoms with Crippen LogP contribution in [0.2, 0.25) is 0 Å². The molecule has 0 atom stereocenters. The van der Waals surface area contributed by atoms with Gasteiger partial charge < -0.3 is 0 Å². The van der Waals surface area contributed by atoms with Gasteiger partial charge in [0.15, 0.2) is 13.2 Å². The van der Waals surface area contributed by atoms with E-state index in [1.165, 1.54) is 11.3 Å². The molecule has 1 heterocycles.